The van der Waals surface area contributed by atoms with E-state index in [4.69, 9.17) is 9.15 Å². The van der Waals surface area contributed by atoms with Gasteiger partial charge in [0.2, 0.25) is 5.76 Å². The van der Waals surface area contributed by atoms with E-state index in [1.807, 2.05) is 5.32 Å². The molecule has 0 aliphatic heterocycles. The summed E-state index contributed by atoms with van der Waals surface area (Å²) in [5.41, 5.74) is -0.0453. The van der Waals surface area contributed by atoms with Crippen LogP contribution in [0.15, 0.2) is 51.7 Å². The lowest BCUT2D eigenvalue weighted by Crippen LogP contribution is -2.22. The lowest BCUT2D eigenvalue weighted by atomic mass is 10.1. The molecule has 2 aromatic carbocycles. The van der Waals surface area contributed by atoms with Crippen LogP contribution in [-0.2, 0) is 9.53 Å². The average molecular weight is 373 g/mol. The molecule has 0 spiro atoms. The zero-order chi connectivity index (χ0) is 19.6. The molecule has 0 radical (unpaired) electrons. The minimum Gasteiger partial charge on any atom is -0.450 e. The van der Waals surface area contributed by atoms with Crippen LogP contribution < -0.4 is 10.7 Å². The first-order valence-corrected chi connectivity index (χ1v) is 7.80. The molecule has 3 rings (SSSR count). The fourth-order valence-electron chi connectivity index (χ4n) is 2.37. The van der Waals surface area contributed by atoms with Gasteiger partial charge in [-0.1, -0.05) is 17.7 Å². The van der Waals surface area contributed by atoms with E-state index in [9.17, 15) is 23.2 Å². The topological polar surface area (TPSA) is 85.6 Å². The maximum atomic E-state index is 13.5. The van der Waals surface area contributed by atoms with Crippen LogP contribution in [0.4, 0.5) is 14.5 Å². The Balaban J connectivity index is 1.71. The third-order valence-electron chi connectivity index (χ3n) is 3.65. The van der Waals surface area contributed by atoms with Gasteiger partial charge >= 0.3 is 5.97 Å². The molecule has 8 heteroatoms. The van der Waals surface area contributed by atoms with Crippen LogP contribution in [0.25, 0.3) is 11.0 Å². The highest BCUT2D eigenvalue weighted by Gasteiger charge is 2.17. The number of carbonyl (C=O) groups excluding carboxylic acids is 2. The smallest absolute Gasteiger partial charge is 0.374 e. The van der Waals surface area contributed by atoms with E-state index in [-0.39, 0.29) is 11.3 Å². The number of aryl methyl sites for hydroxylation is 1. The Kier molecular flexibility index (Phi) is 4.98. The van der Waals surface area contributed by atoms with E-state index in [0.29, 0.717) is 5.39 Å². The Bertz CT molecular complexity index is 1090. The van der Waals surface area contributed by atoms with Crippen molar-refractivity contribution in [3.05, 3.63) is 75.6 Å². The SMILES string of the molecule is Cc1ccc2oc(C(=O)OCC(=O)Nc3c(F)cccc3F)cc(=O)c2c1. The number of nitrogens with one attached hydrogen (secondary N) is 1. The second-order valence-corrected chi connectivity index (χ2v) is 5.70. The van der Waals surface area contributed by atoms with Crippen molar-refractivity contribution in [3.8, 4) is 0 Å². The van der Waals surface area contributed by atoms with E-state index in [0.717, 1.165) is 29.8 Å². The Morgan fingerprint density at radius 1 is 1.11 bits per heavy atom. The minimum absolute atomic E-state index is 0.193. The quantitative estimate of drug-likeness (QED) is 0.710. The fourth-order valence-corrected chi connectivity index (χ4v) is 2.37. The first kappa shape index (κ1) is 18.2. The third-order valence-corrected chi connectivity index (χ3v) is 3.65. The molecular formula is C19H13F2NO5. The number of hydrogen-bond acceptors (Lipinski definition) is 5. The van der Waals surface area contributed by atoms with Gasteiger partial charge in [0.1, 0.15) is 22.9 Å². The summed E-state index contributed by atoms with van der Waals surface area (Å²) in [5.74, 6) is -4.33. The van der Waals surface area contributed by atoms with Crippen molar-refractivity contribution in [1.82, 2.24) is 0 Å². The van der Waals surface area contributed by atoms with Gasteiger partial charge in [0.25, 0.3) is 5.91 Å². The number of fused-ring (bicyclic) bond motifs is 1. The first-order valence-electron chi connectivity index (χ1n) is 7.80. The molecule has 1 amide bonds. The van der Waals surface area contributed by atoms with E-state index >= 15 is 0 Å². The summed E-state index contributed by atoms with van der Waals surface area (Å²) in [5, 5.41) is 2.28. The van der Waals surface area contributed by atoms with Crippen molar-refractivity contribution in [3.63, 3.8) is 0 Å². The molecule has 0 fully saturated rings. The molecule has 0 unspecified atom stereocenters. The van der Waals surface area contributed by atoms with E-state index in [2.05, 4.69) is 0 Å². The highest BCUT2D eigenvalue weighted by atomic mass is 19.1. The van der Waals surface area contributed by atoms with Crippen molar-refractivity contribution in [2.24, 2.45) is 0 Å². The Hall–Kier alpha value is -3.55. The molecule has 1 aromatic heterocycles. The summed E-state index contributed by atoms with van der Waals surface area (Å²) >= 11 is 0. The summed E-state index contributed by atoms with van der Waals surface area (Å²) in [6.45, 7) is 0.986. The van der Waals surface area contributed by atoms with Gasteiger partial charge in [0, 0.05) is 6.07 Å². The molecule has 0 aliphatic rings. The largest absolute Gasteiger partial charge is 0.450 e. The monoisotopic (exact) mass is 373 g/mol. The molecule has 0 bridgehead atoms. The second kappa shape index (κ2) is 7.36. The van der Waals surface area contributed by atoms with Gasteiger partial charge in [-0.15, -0.1) is 0 Å². The number of benzene rings is 2. The van der Waals surface area contributed by atoms with Gasteiger partial charge in [-0.25, -0.2) is 13.6 Å². The van der Waals surface area contributed by atoms with Gasteiger partial charge in [-0.05, 0) is 31.2 Å². The summed E-state index contributed by atoms with van der Waals surface area (Å²) < 4.78 is 37.0. The summed E-state index contributed by atoms with van der Waals surface area (Å²) in [6, 6.07) is 8.90. The molecule has 27 heavy (non-hydrogen) atoms. The molecule has 6 nitrogen and oxygen atoms in total. The van der Waals surface area contributed by atoms with Crippen LogP contribution >= 0.6 is 0 Å². The number of amides is 1. The molecule has 0 saturated heterocycles. The predicted octanol–water partition coefficient (Wildman–Crippen LogP) is 3.18. The fraction of sp³-hybridized carbons (Fsp3) is 0.105. The number of anilines is 1. The number of carbonyl (C=O) groups is 2. The number of ether oxygens (including phenoxy) is 1. The average Bonchev–Trinajstić information content (AvgIpc) is 2.63. The maximum absolute atomic E-state index is 13.5. The lowest BCUT2D eigenvalue weighted by molar-refractivity contribution is -0.119. The minimum atomic E-state index is -1.06. The first-order chi connectivity index (χ1) is 12.8. The molecule has 1 N–H and O–H groups in total. The molecule has 1 heterocycles. The standard InChI is InChI=1S/C19H13F2NO5/c1-10-5-6-15-11(7-10)14(23)8-16(27-15)19(25)26-9-17(24)22-18-12(20)3-2-4-13(18)21/h2-8H,9H2,1H3,(H,22,24). The zero-order valence-corrected chi connectivity index (χ0v) is 14.0. The maximum Gasteiger partial charge on any atom is 0.374 e. The summed E-state index contributed by atoms with van der Waals surface area (Å²) in [7, 11) is 0. The van der Waals surface area contributed by atoms with Crippen LogP contribution in [0.3, 0.4) is 0 Å². The Labute approximate surface area is 151 Å². The van der Waals surface area contributed by atoms with Crippen molar-refractivity contribution in [2.45, 2.75) is 6.92 Å². The number of hydrogen-bond donors (Lipinski definition) is 1. The van der Waals surface area contributed by atoms with E-state index in [1.165, 1.54) is 6.07 Å². The predicted molar refractivity (Wildman–Crippen MR) is 92.5 cm³/mol. The third kappa shape index (κ3) is 4.00. The molecule has 0 atom stereocenters. The van der Waals surface area contributed by atoms with Crippen molar-refractivity contribution in [2.75, 3.05) is 11.9 Å². The van der Waals surface area contributed by atoms with Gasteiger partial charge < -0.3 is 14.5 Å². The van der Waals surface area contributed by atoms with Crippen molar-refractivity contribution >= 4 is 28.5 Å². The zero-order valence-electron chi connectivity index (χ0n) is 14.0. The van der Waals surface area contributed by atoms with E-state index < -0.39 is 41.2 Å². The highest BCUT2D eigenvalue weighted by molar-refractivity contribution is 5.95. The molecule has 138 valence electrons. The molecule has 0 saturated carbocycles. The number of halogens is 2. The summed E-state index contributed by atoms with van der Waals surface area (Å²) in [4.78, 5) is 35.9. The molecule has 0 aliphatic carbocycles. The normalized spacial score (nSPS) is 10.6. The number of esters is 1. The number of para-hydroxylation sites is 1. The summed E-state index contributed by atoms with van der Waals surface area (Å²) in [6.07, 6.45) is 0. The van der Waals surface area contributed by atoms with Crippen LogP contribution in [0.5, 0.6) is 0 Å². The van der Waals surface area contributed by atoms with Gasteiger partial charge in [0.15, 0.2) is 12.0 Å². The van der Waals surface area contributed by atoms with Gasteiger partial charge in [-0.2, -0.15) is 0 Å². The van der Waals surface area contributed by atoms with Crippen LogP contribution in [-0.4, -0.2) is 18.5 Å². The van der Waals surface area contributed by atoms with Crippen LogP contribution in [0.2, 0.25) is 0 Å². The second-order valence-electron chi connectivity index (χ2n) is 5.70. The van der Waals surface area contributed by atoms with Crippen LogP contribution in [0.1, 0.15) is 16.1 Å². The van der Waals surface area contributed by atoms with Crippen molar-refractivity contribution < 1.29 is 27.5 Å². The van der Waals surface area contributed by atoms with E-state index in [1.54, 1.807) is 19.1 Å². The van der Waals surface area contributed by atoms with Crippen molar-refractivity contribution in [1.29, 1.82) is 0 Å². The highest BCUT2D eigenvalue weighted by Crippen LogP contribution is 2.18. The Morgan fingerprint density at radius 2 is 1.81 bits per heavy atom. The number of rotatable bonds is 4. The molecule has 3 aromatic rings. The van der Waals surface area contributed by atoms with Gasteiger partial charge in [0.05, 0.1) is 5.39 Å². The lowest BCUT2D eigenvalue weighted by Gasteiger charge is -2.08. The van der Waals surface area contributed by atoms with Gasteiger partial charge in [-0.3, -0.25) is 9.59 Å². The Morgan fingerprint density at radius 3 is 2.52 bits per heavy atom. The van der Waals surface area contributed by atoms with Crippen LogP contribution in [0, 0.1) is 18.6 Å². The molecular weight excluding hydrogens is 360 g/mol.